The lowest BCUT2D eigenvalue weighted by Gasteiger charge is -2.09. The van der Waals surface area contributed by atoms with E-state index in [2.05, 4.69) is 9.73 Å². The highest BCUT2D eigenvalue weighted by atomic mass is 19.2. The van der Waals surface area contributed by atoms with Crippen LogP contribution in [0.2, 0.25) is 0 Å². The predicted molar refractivity (Wildman–Crippen MR) is 77.5 cm³/mol. The van der Waals surface area contributed by atoms with Crippen LogP contribution in [0.25, 0.3) is 5.76 Å². The number of aliphatic hydroxyl groups excluding tert-OH is 2. The van der Waals surface area contributed by atoms with E-state index in [0.29, 0.717) is 0 Å². The predicted octanol–water partition coefficient (Wildman–Crippen LogP) is 2.53. The van der Waals surface area contributed by atoms with Crippen molar-refractivity contribution < 1.29 is 37.3 Å². The largest absolute Gasteiger partial charge is 0.506 e. The van der Waals surface area contributed by atoms with Gasteiger partial charge in [0.1, 0.15) is 11.3 Å². The Morgan fingerprint density at radius 1 is 1.29 bits per heavy atom. The molecule has 0 fully saturated rings. The third-order valence-electron chi connectivity index (χ3n) is 2.83. The molecule has 1 aromatic carbocycles. The van der Waals surface area contributed by atoms with Crippen LogP contribution < -0.4 is 0 Å². The van der Waals surface area contributed by atoms with Crippen LogP contribution >= 0.6 is 0 Å². The molecule has 1 atom stereocenters. The van der Waals surface area contributed by atoms with Crippen molar-refractivity contribution in [2.75, 3.05) is 13.2 Å². The van der Waals surface area contributed by atoms with Crippen LogP contribution in [-0.4, -0.2) is 41.7 Å². The third-order valence-corrected chi connectivity index (χ3v) is 2.83. The number of benzene rings is 1. The van der Waals surface area contributed by atoms with Gasteiger partial charge in [0.15, 0.2) is 23.3 Å². The number of aliphatic imine (C=N–C) groups is 1. The second-order valence-electron chi connectivity index (χ2n) is 4.64. The summed E-state index contributed by atoms with van der Waals surface area (Å²) in [4.78, 5) is 15.5. The summed E-state index contributed by atoms with van der Waals surface area (Å²) in [6.07, 6.45) is 0.771. The van der Waals surface area contributed by atoms with Gasteiger partial charge in [0.05, 0.1) is 24.8 Å². The molecule has 1 aromatic rings. The Hall–Kier alpha value is -2.42. The number of carbonyl (C=O) groups excluding carboxylic acids is 1. The summed E-state index contributed by atoms with van der Waals surface area (Å²) in [5.41, 5.74) is -1.78. The molecule has 0 saturated heterocycles. The Kier molecular flexibility index (Phi) is 6.90. The lowest BCUT2D eigenvalue weighted by Crippen LogP contribution is -2.14. The minimum Gasteiger partial charge on any atom is -0.506 e. The fourth-order valence-corrected chi connectivity index (χ4v) is 1.56. The van der Waals surface area contributed by atoms with E-state index in [9.17, 15) is 27.5 Å². The van der Waals surface area contributed by atoms with Gasteiger partial charge in [-0.3, -0.25) is 4.99 Å². The van der Waals surface area contributed by atoms with Crippen LogP contribution in [0, 0.1) is 23.3 Å². The number of carbonyl (C=O) groups is 1. The van der Waals surface area contributed by atoms with Crippen molar-refractivity contribution in [3.05, 3.63) is 40.5 Å². The van der Waals surface area contributed by atoms with Crippen LogP contribution in [0.4, 0.5) is 17.6 Å². The fraction of sp³-hybridized carbons (Fsp3) is 0.333. The molecular formula is C15H15F4NO4. The first-order valence-electron chi connectivity index (χ1n) is 6.82. The van der Waals surface area contributed by atoms with Crippen molar-refractivity contribution in [1.29, 1.82) is 0 Å². The highest BCUT2D eigenvalue weighted by Gasteiger charge is 2.25. The Morgan fingerprint density at radius 3 is 2.46 bits per heavy atom. The molecule has 132 valence electrons. The van der Waals surface area contributed by atoms with Gasteiger partial charge in [0.25, 0.3) is 0 Å². The molecular weight excluding hydrogens is 334 g/mol. The molecule has 0 spiro atoms. The zero-order valence-electron chi connectivity index (χ0n) is 12.8. The topological polar surface area (TPSA) is 79.1 Å². The standard InChI is InChI=1S/C15H15F4NO4/c1-3-24-15(23)9(5-20-7(2)6-21)14(22)8-4-10(16)12(18)13(19)11(8)17/h4-5,7,21-22H,3,6H2,1-2H3/b14-9-,20-5?/t7-/m1/s1. The molecule has 2 N–H and O–H groups in total. The van der Waals surface area contributed by atoms with Gasteiger partial charge in [-0.2, -0.15) is 0 Å². The SMILES string of the molecule is CCOC(=O)/C(C=N[C@H](C)CO)=C(\O)c1cc(F)c(F)c(F)c1F. The molecule has 0 radical (unpaired) electrons. The number of hydrogen-bond donors (Lipinski definition) is 2. The van der Waals surface area contributed by atoms with E-state index in [0.717, 1.165) is 6.21 Å². The number of rotatable bonds is 6. The molecule has 0 heterocycles. The van der Waals surface area contributed by atoms with E-state index in [4.69, 9.17) is 5.11 Å². The summed E-state index contributed by atoms with van der Waals surface area (Å²) in [6, 6.07) is -0.472. The van der Waals surface area contributed by atoms with Crippen molar-refractivity contribution in [2.45, 2.75) is 19.9 Å². The van der Waals surface area contributed by atoms with Gasteiger partial charge >= 0.3 is 5.97 Å². The quantitative estimate of drug-likeness (QED) is 0.157. The number of halogens is 4. The molecule has 0 aromatic heterocycles. The number of aliphatic hydroxyl groups is 2. The zero-order chi connectivity index (χ0) is 18.4. The van der Waals surface area contributed by atoms with Crippen LogP contribution in [0.5, 0.6) is 0 Å². The van der Waals surface area contributed by atoms with E-state index >= 15 is 0 Å². The molecule has 0 unspecified atom stereocenters. The zero-order valence-corrected chi connectivity index (χ0v) is 12.8. The fourth-order valence-electron chi connectivity index (χ4n) is 1.56. The van der Waals surface area contributed by atoms with Crippen molar-refractivity contribution in [1.82, 2.24) is 0 Å². The number of nitrogens with zero attached hydrogens (tertiary/aromatic N) is 1. The third kappa shape index (κ3) is 4.31. The summed E-state index contributed by atoms with van der Waals surface area (Å²) in [5, 5.41) is 18.9. The van der Waals surface area contributed by atoms with Crippen LogP contribution in [-0.2, 0) is 9.53 Å². The molecule has 5 nitrogen and oxygen atoms in total. The molecule has 0 aliphatic carbocycles. The molecule has 0 aliphatic rings. The van der Waals surface area contributed by atoms with E-state index in [1.54, 1.807) is 0 Å². The van der Waals surface area contributed by atoms with E-state index in [-0.39, 0.29) is 19.3 Å². The summed E-state index contributed by atoms with van der Waals surface area (Å²) in [6.45, 7) is 2.43. The molecule has 24 heavy (non-hydrogen) atoms. The lowest BCUT2D eigenvalue weighted by molar-refractivity contribution is -0.137. The Morgan fingerprint density at radius 2 is 1.92 bits per heavy atom. The van der Waals surface area contributed by atoms with Crippen LogP contribution in [0.3, 0.4) is 0 Å². The highest BCUT2D eigenvalue weighted by molar-refractivity contribution is 6.15. The van der Waals surface area contributed by atoms with Gasteiger partial charge in [0.2, 0.25) is 0 Å². The van der Waals surface area contributed by atoms with Gasteiger partial charge < -0.3 is 14.9 Å². The Labute approximate surface area is 134 Å². The van der Waals surface area contributed by atoms with Gasteiger partial charge in [-0.25, -0.2) is 22.4 Å². The van der Waals surface area contributed by atoms with E-state index in [1.165, 1.54) is 13.8 Å². The first-order valence-corrected chi connectivity index (χ1v) is 6.82. The summed E-state index contributed by atoms with van der Waals surface area (Å²) >= 11 is 0. The van der Waals surface area contributed by atoms with Crippen LogP contribution in [0.1, 0.15) is 19.4 Å². The van der Waals surface area contributed by atoms with Gasteiger partial charge in [-0.15, -0.1) is 0 Å². The Bertz CT molecular complexity index is 689. The van der Waals surface area contributed by atoms with Crippen molar-refractivity contribution >= 4 is 17.9 Å². The molecule has 9 heteroatoms. The average molecular weight is 349 g/mol. The summed E-state index contributed by atoms with van der Waals surface area (Å²) in [7, 11) is 0. The smallest absolute Gasteiger partial charge is 0.343 e. The molecule has 0 saturated carbocycles. The van der Waals surface area contributed by atoms with E-state index < -0.39 is 52.2 Å². The minimum atomic E-state index is -2.14. The maximum atomic E-state index is 13.8. The maximum Gasteiger partial charge on any atom is 0.343 e. The molecule has 0 amide bonds. The number of hydrogen-bond acceptors (Lipinski definition) is 5. The number of esters is 1. The minimum absolute atomic E-state index is 0.104. The average Bonchev–Trinajstić information content (AvgIpc) is 2.56. The first kappa shape index (κ1) is 19.6. The normalized spacial score (nSPS) is 13.8. The van der Waals surface area contributed by atoms with Gasteiger partial charge in [0, 0.05) is 6.21 Å². The first-order chi connectivity index (χ1) is 11.2. The Balaban J connectivity index is 3.53. The monoisotopic (exact) mass is 349 g/mol. The van der Waals surface area contributed by atoms with Crippen molar-refractivity contribution in [3.8, 4) is 0 Å². The summed E-state index contributed by atoms with van der Waals surface area (Å²) < 4.78 is 57.9. The van der Waals surface area contributed by atoms with E-state index in [1.807, 2.05) is 0 Å². The second kappa shape index (κ2) is 8.44. The maximum absolute atomic E-state index is 13.8. The number of ether oxygens (including phenoxy) is 1. The highest BCUT2D eigenvalue weighted by Crippen LogP contribution is 2.25. The summed E-state index contributed by atoms with van der Waals surface area (Å²) in [5.74, 6) is -10.1. The van der Waals surface area contributed by atoms with Crippen molar-refractivity contribution in [2.24, 2.45) is 4.99 Å². The second-order valence-corrected chi connectivity index (χ2v) is 4.64. The van der Waals surface area contributed by atoms with Crippen molar-refractivity contribution in [3.63, 3.8) is 0 Å². The molecule has 0 aliphatic heterocycles. The van der Waals surface area contributed by atoms with Gasteiger partial charge in [-0.05, 0) is 19.9 Å². The molecule has 0 bridgehead atoms. The molecule has 1 rings (SSSR count). The van der Waals surface area contributed by atoms with Crippen LogP contribution in [0.15, 0.2) is 16.6 Å². The lowest BCUT2D eigenvalue weighted by atomic mass is 10.1. The van der Waals surface area contributed by atoms with Gasteiger partial charge in [-0.1, -0.05) is 0 Å².